The molecule has 2 N–H and O–H groups in total. The van der Waals surface area contributed by atoms with Gasteiger partial charge in [0.1, 0.15) is 0 Å². The summed E-state index contributed by atoms with van der Waals surface area (Å²) in [6.07, 6.45) is -23.0. The molecule has 16 heteroatoms. The first-order valence-corrected chi connectivity index (χ1v) is 8.76. The summed E-state index contributed by atoms with van der Waals surface area (Å²) in [5.41, 5.74) is -14.3. The molecule has 0 bridgehead atoms. The molecule has 0 spiro atoms. The van der Waals surface area contributed by atoms with E-state index in [4.69, 9.17) is 10.4 Å². The molecule has 2 rings (SSSR count). The highest BCUT2D eigenvalue weighted by Crippen LogP contribution is 2.56. The Labute approximate surface area is 186 Å². The molecule has 0 fully saturated rings. The average Bonchev–Trinajstić information content (AvgIpc) is 2.67. The molecule has 2 aromatic carbocycles. The summed E-state index contributed by atoms with van der Waals surface area (Å²) in [6, 6.07) is 1.10. The Hall–Kier alpha value is -3.46. The molecule has 0 aliphatic rings. The zero-order valence-corrected chi connectivity index (χ0v) is 16.4. The molecule has 0 radical (unpaired) electrons. The van der Waals surface area contributed by atoms with Crippen molar-refractivity contribution in [1.82, 2.24) is 0 Å². The number of hydrogen-bond donors (Lipinski definition) is 2. The molecular weight excluding hydrogens is 516 g/mol. The van der Waals surface area contributed by atoms with Crippen molar-refractivity contribution >= 4 is 11.4 Å². The molecule has 35 heavy (non-hydrogen) atoms. The summed E-state index contributed by atoms with van der Waals surface area (Å²) < 4.78 is 161. The standard InChI is InChI=1S/C19H10F12N2O2/c20-16(21,22)13(32-34)9-1-5-11(6-2-9)15(18(26,27)28,19(29,30)31)12-7-3-10(4-8-12)14(33-35)17(23,24)25/h1-8,34-35H. The SMILES string of the molecule is ON=C(c1ccc(C(c2ccc(C(=NO)C(F)(F)F)cc2)(C(F)(F)F)C(F)(F)F)cc1)C(F)(F)F. The number of oxime groups is 2. The molecule has 0 aliphatic heterocycles. The van der Waals surface area contributed by atoms with Gasteiger partial charge in [-0.3, -0.25) is 0 Å². The molecule has 0 heterocycles. The second-order valence-corrected chi connectivity index (χ2v) is 6.79. The fraction of sp³-hybridized carbons (Fsp3) is 0.263. The van der Waals surface area contributed by atoms with Gasteiger partial charge in [-0.05, 0) is 11.1 Å². The van der Waals surface area contributed by atoms with E-state index in [1.807, 2.05) is 10.3 Å². The third-order valence-corrected chi connectivity index (χ3v) is 4.77. The van der Waals surface area contributed by atoms with Crippen molar-refractivity contribution in [3.8, 4) is 0 Å². The van der Waals surface area contributed by atoms with Gasteiger partial charge in [0.2, 0.25) is 5.41 Å². The van der Waals surface area contributed by atoms with E-state index in [1.165, 1.54) is 0 Å². The van der Waals surface area contributed by atoms with Gasteiger partial charge in [0.15, 0.2) is 11.4 Å². The van der Waals surface area contributed by atoms with Crippen LogP contribution in [0.2, 0.25) is 0 Å². The lowest BCUT2D eigenvalue weighted by molar-refractivity contribution is -0.288. The molecule has 0 aromatic heterocycles. The molecule has 0 saturated heterocycles. The lowest BCUT2D eigenvalue weighted by Gasteiger charge is -2.38. The van der Waals surface area contributed by atoms with Crippen LogP contribution in [0.3, 0.4) is 0 Å². The summed E-state index contributed by atoms with van der Waals surface area (Å²) in [6.45, 7) is 0. The fourth-order valence-electron chi connectivity index (χ4n) is 3.29. The quantitative estimate of drug-likeness (QED) is 0.205. The summed E-state index contributed by atoms with van der Waals surface area (Å²) in [5, 5.41) is 21.0. The zero-order chi connectivity index (χ0) is 27.0. The number of alkyl halides is 12. The van der Waals surface area contributed by atoms with Crippen molar-refractivity contribution in [3.05, 3.63) is 70.8 Å². The van der Waals surface area contributed by atoms with Crippen LogP contribution >= 0.6 is 0 Å². The summed E-state index contributed by atoms with van der Waals surface area (Å²) in [7, 11) is 0. The third kappa shape index (κ3) is 5.00. The maximum Gasteiger partial charge on any atom is 0.437 e. The molecule has 2 aromatic rings. The van der Waals surface area contributed by atoms with Crippen LogP contribution in [-0.4, -0.2) is 46.5 Å². The first-order chi connectivity index (χ1) is 15.8. The molecular formula is C19H10F12N2O2. The van der Waals surface area contributed by atoms with E-state index >= 15 is 0 Å². The normalized spacial score (nSPS) is 14.9. The summed E-state index contributed by atoms with van der Waals surface area (Å²) in [5.74, 6) is 0. The van der Waals surface area contributed by atoms with Crippen molar-refractivity contribution in [2.45, 2.75) is 30.1 Å². The van der Waals surface area contributed by atoms with Crippen LogP contribution in [0.1, 0.15) is 22.3 Å². The van der Waals surface area contributed by atoms with Gasteiger partial charge in [-0.25, -0.2) is 0 Å². The number of benzene rings is 2. The predicted octanol–water partition coefficient (Wildman–Crippen LogP) is 6.58. The van der Waals surface area contributed by atoms with Crippen LogP contribution in [0, 0.1) is 0 Å². The highest BCUT2D eigenvalue weighted by molar-refractivity contribution is 6.04. The monoisotopic (exact) mass is 526 g/mol. The minimum Gasteiger partial charge on any atom is -0.410 e. The number of nitrogens with zero attached hydrogens (tertiary/aromatic N) is 2. The van der Waals surface area contributed by atoms with Crippen LogP contribution < -0.4 is 0 Å². The second kappa shape index (κ2) is 8.96. The zero-order valence-electron chi connectivity index (χ0n) is 16.4. The Morgan fingerprint density at radius 3 is 0.914 bits per heavy atom. The maximum atomic E-state index is 14.1. The molecule has 0 saturated carbocycles. The van der Waals surface area contributed by atoms with Crippen molar-refractivity contribution in [3.63, 3.8) is 0 Å². The van der Waals surface area contributed by atoms with Crippen molar-refractivity contribution < 1.29 is 63.1 Å². The first-order valence-electron chi connectivity index (χ1n) is 8.76. The predicted molar refractivity (Wildman–Crippen MR) is 94.5 cm³/mol. The van der Waals surface area contributed by atoms with Gasteiger partial charge < -0.3 is 10.4 Å². The Morgan fingerprint density at radius 1 is 0.486 bits per heavy atom. The van der Waals surface area contributed by atoms with E-state index in [0.29, 0.717) is 0 Å². The highest BCUT2D eigenvalue weighted by Gasteiger charge is 2.72. The van der Waals surface area contributed by atoms with E-state index in [1.54, 1.807) is 0 Å². The van der Waals surface area contributed by atoms with E-state index in [0.717, 1.165) is 0 Å². The van der Waals surface area contributed by atoms with Gasteiger partial charge in [0, 0.05) is 11.1 Å². The van der Waals surface area contributed by atoms with Crippen molar-refractivity contribution in [2.75, 3.05) is 0 Å². The summed E-state index contributed by atoms with van der Waals surface area (Å²) >= 11 is 0. The smallest absolute Gasteiger partial charge is 0.410 e. The van der Waals surface area contributed by atoms with E-state index in [2.05, 4.69) is 0 Å². The molecule has 0 amide bonds. The van der Waals surface area contributed by atoms with E-state index in [-0.39, 0.29) is 48.5 Å². The topological polar surface area (TPSA) is 65.2 Å². The van der Waals surface area contributed by atoms with E-state index < -0.39 is 63.8 Å². The van der Waals surface area contributed by atoms with Gasteiger partial charge in [-0.2, -0.15) is 52.7 Å². The van der Waals surface area contributed by atoms with Crippen LogP contribution in [-0.2, 0) is 5.41 Å². The van der Waals surface area contributed by atoms with Gasteiger partial charge in [0.25, 0.3) is 0 Å². The molecule has 192 valence electrons. The van der Waals surface area contributed by atoms with Gasteiger partial charge in [-0.1, -0.05) is 58.8 Å². The Kier molecular flexibility index (Phi) is 7.11. The fourth-order valence-corrected chi connectivity index (χ4v) is 3.29. The second-order valence-electron chi connectivity index (χ2n) is 6.79. The van der Waals surface area contributed by atoms with Crippen LogP contribution in [0.25, 0.3) is 0 Å². The minimum atomic E-state index is -6.19. The highest BCUT2D eigenvalue weighted by atomic mass is 19.4. The minimum absolute atomic E-state index is 0.0669. The maximum absolute atomic E-state index is 14.1. The first kappa shape index (κ1) is 27.8. The lowest BCUT2D eigenvalue weighted by Crippen LogP contribution is -2.54. The Bertz CT molecular complexity index is 1000. The van der Waals surface area contributed by atoms with Gasteiger partial charge in [-0.15, -0.1) is 0 Å². The Balaban J connectivity index is 2.79. The average molecular weight is 526 g/mol. The molecule has 0 aliphatic carbocycles. The third-order valence-electron chi connectivity index (χ3n) is 4.77. The number of hydrogen-bond acceptors (Lipinski definition) is 4. The molecule has 0 unspecified atom stereocenters. The molecule has 4 nitrogen and oxygen atoms in total. The number of rotatable bonds is 4. The molecule has 0 atom stereocenters. The van der Waals surface area contributed by atoms with E-state index in [9.17, 15) is 52.7 Å². The Morgan fingerprint density at radius 2 is 0.743 bits per heavy atom. The number of halogens is 12. The summed E-state index contributed by atoms with van der Waals surface area (Å²) in [4.78, 5) is 0. The lowest BCUT2D eigenvalue weighted by atomic mass is 9.72. The largest absolute Gasteiger partial charge is 0.437 e. The van der Waals surface area contributed by atoms with Crippen LogP contribution in [0.4, 0.5) is 52.7 Å². The van der Waals surface area contributed by atoms with Crippen molar-refractivity contribution in [1.29, 1.82) is 0 Å². The van der Waals surface area contributed by atoms with Gasteiger partial charge >= 0.3 is 24.7 Å². The van der Waals surface area contributed by atoms with Crippen LogP contribution in [0.15, 0.2) is 58.8 Å². The van der Waals surface area contributed by atoms with Crippen molar-refractivity contribution in [2.24, 2.45) is 10.3 Å². The van der Waals surface area contributed by atoms with Crippen LogP contribution in [0.5, 0.6) is 0 Å². The van der Waals surface area contributed by atoms with Gasteiger partial charge in [0.05, 0.1) is 0 Å².